The second-order valence-electron chi connectivity index (χ2n) is 2.00. The molecule has 0 aliphatic heterocycles. The first-order valence-corrected chi connectivity index (χ1v) is 4.19. The maximum atomic E-state index is 9.89. The highest BCUT2D eigenvalue weighted by molar-refractivity contribution is 8.02. The number of rotatable bonds is 3. The van der Waals surface area contributed by atoms with Gasteiger partial charge in [0.2, 0.25) is 6.20 Å². The van der Waals surface area contributed by atoms with Gasteiger partial charge < -0.3 is 0 Å². The Kier molecular flexibility index (Phi) is 3.35. The van der Waals surface area contributed by atoms with E-state index in [0.717, 1.165) is 11.1 Å². The second kappa shape index (κ2) is 4.56. The molecule has 1 rings (SSSR count). The summed E-state index contributed by atoms with van der Waals surface area (Å²) >= 11 is 1.33. The van der Waals surface area contributed by atoms with Gasteiger partial charge in [-0.2, -0.15) is 0 Å². The summed E-state index contributed by atoms with van der Waals surface area (Å²) < 4.78 is 0. The van der Waals surface area contributed by atoms with Crippen molar-refractivity contribution in [3.63, 3.8) is 0 Å². The van der Waals surface area contributed by atoms with Crippen LogP contribution in [0.3, 0.4) is 0 Å². The molecule has 1 aromatic rings. The van der Waals surface area contributed by atoms with E-state index < -0.39 is 4.92 Å². The highest BCUT2D eigenvalue weighted by Gasteiger charge is 1.88. The van der Waals surface area contributed by atoms with Gasteiger partial charge in [0.05, 0.1) is 4.92 Å². The number of nitro groups is 1. The van der Waals surface area contributed by atoms with Gasteiger partial charge in [-0.05, 0) is 12.1 Å². The minimum Gasteiger partial charge on any atom is -0.259 e. The van der Waals surface area contributed by atoms with Crippen LogP contribution >= 0.6 is 11.8 Å². The lowest BCUT2D eigenvalue weighted by Gasteiger charge is -1.90. The Labute approximate surface area is 74.2 Å². The van der Waals surface area contributed by atoms with Crippen molar-refractivity contribution < 1.29 is 4.92 Å². The summed E-state index contributed by atoms with van der Waals surface area (Å²) in [5.41, 5.74) is 0. The van der Waals surface area contributed by atoms with Crippen molar-refractivity contribution in [2.24, 2.45) is 0 Å². The van der Waals surface area contributed by atoms with E-state index in [2.05, 4.69) is 0 Å². The number of hydrogen-bond donors (Lipinski definition) is 0. The first kappa shape index (κ1) is 8.80. The lowest BCUT2D eigenvalue weighted by atomic mass is 10.4. The van der Waals surface area contributed by atoms with Gasteiger partial charge in [0.15, 0.2) is 0 Å². The largest absolute Gasteiger partial charge is 0.259 e. The molecule has 4 heteroatoms. The summed E-state index contributed by atoms with van der Waals surface area (Å²) in [6, 6.07) is 9.48. The molecule has 1 aromatic carbocycles. The van der Waals surface area contributed by atoms with Gasteiger partial charge in [0.1, 0.15) is 0 Å². The van der Waals surface area contributed by atoms with Crippen molar-refractivity contribution in [2.45, 2.75) is 4.90 Å². The summed E-state index contributed by atoms with van der Waals surface area (Å²) in [6.45, 7) is 0. The van der Waals surface area contributed by atoms with E-state index in [1.165, 1.54) is 17.2 Å². The van der Waals surface area contributed by atoms with Crippen LogP contribution in [0.2, 0.25) is 0 Å². The molecule has 0 heterocycles. The molecular formula is C8H7NO2S. The zero-order chi connectivity index (χ0) is 8.81. The molecule has 0 saturated heterocycles. The molecule has 0 radical (unpaired) electrons. The van der Waals surface area contributed by atoms with Crippen LogP contribution in [0.5, 0.6) is 0 Å². The maximum Gasteiger partial charge on any atom is 0.241 e. The van der Waals surface area contributed by atoms with Crippen molar-refractivity contribution >= 4 is 11.8 Å². The first-order chi connectivity index (χ1) is 5.79. The topological polar surface area (TPSA) is 43.1 Å². The molecule has 3 nitrogen and oxygen atoms in total. The Morgan fingerprint density at radius 3 is 2.58 bits per heavy atom. The lowest BCUT2D eigenvalue weighted by Crippen LogP contribution is -1.80. The molecule has 0 N–H and O–H groups in total. The average Bonchev–Trinajstić information content (AvgIpc) is 2.05. The Bertz CT molecular complexity index is 284. The van der Waals surface area contributed by atoms with Crippen molar-refractivity contribution in [2.75, 3.05) is 0 Å². The fourth-order valence-electron chi connectivity index (χ4n) is 0.658. The number of hydrogen-bond acceptors (Lipinski definition) is 3. The Hall–Kier alpha value is -1.29. The standard InChI is InChI=1S/C8H7NO2S/c10-9(11)6-7-12-8-4-2-1-3-5-8/h1-7H/b7-6+. The molecule has 0 amide bonds. The van der Waals surface area contributed by atoms with E-state index in [1.54, 1.807) is 0 Å². The monoisotopic (exact) mass is 181 g/mol. The van der Waals surface area contributed by atoms with Gasteiger partial charge >= 0.3 is 0 Å². The summed E-state index contributed by atoms with van der Waals surface area (Å²) in [4.78, 5) is 10.4. The van der Waals surface area contributed by atoms with Gasteiger partial charge in [-0.15, -0.1) is 0 Å². The molecule has 0 atom stereocenters. The van der Waals surface area contributed by atoms with Gasteiger partial charge in [-0.25, -0.2) is 0 Å². The van der Waals surface area contributed by atoms with E-state index in [1.807, 2.05) is 30.3 Å². The van der Waals surface area contributed by atoms with Crippen LogP contribution in [0.1, 0.15) is 0 Å². The van der Waals surface area contributed by atoms with Gasteiger partial charge in [0.25, 0.3) is 0 Å². The quantitative estimate of drug-likeness (QED) is 0.409. The third kappa shape index (κ3) is 3.21. The zero-order valence-electron chi connectivity index (χ0n) is 6.21. The van der Waals surface area contributed by atoms with E-state index in [-0.39, 0.29) is 0 Å². The molecule has 12 heavy (non-hydrogen) atoms. The van der Waals surface area contributed by atoms with Crippen LogP contribution in [0, 0.1) is 10.1 Å². The molecule has 0 bridgehead atoms. The smallest absolute Gasteiger partial charge is 0.241 e. The minimum atomic E-state index is -0.476. The van der Waals surface area contributed by atoms with E-state index in [0.29, 0.717) is 0 Å². The first-order valence-electron chi connectivity index (χ1n) is 3.31. The number of thioether (sulfide) groups is 1. The van der Waals surface area contributed by atoms with Crippen LogP contribution in [0.4, 0.5) is 0 Å². The fourth-order valence-corrected chi connectivity index (χ4v) is 1.29. The normalized spacial score (nSPS) is 10.3. The van der Waals surface area contributed by atoms with Crippen LogP contribution < -0.4 is 0 Å². The predicted molar refractivity (Wildman–Crippen MR) is 48.4 cm³/mol. The summed E-state index contributed by atoms with van der Waals surface area (Å²) in [5.74, 6) is 0. The lowest BCUT2D eigenvalue weighted by molar-refractivity contribution is -0.402. The Morgan fingerprint density at radius 2 is 2.00 bits per heavy atom. The maximum absolute atomic E-state index is 9.89. The molecule has 0 saturated carbocycles. The Morgan fingerprint density at radius 1 is 1.33 bits per heavy atom. The number of benzene rings is 1. The molecular weight excluding hydrogens is 174 g/mol. The van der Waals surface area contributed by atoms with Crippen LogP contribution in [0.25, 0.3) is 0 Å². The van der Waals surface area contributed by atoms with Gasteiger partial charge in [-0.3, -0.25) is 10.1 Å². The molecule has 62 valence electrons. The molecule has 0 unspecified atom stereocenters. The van der Waals surface area contributed by atoms with Crippen molar-refractivity contribution in [3.05, 3.63) is 52.1 Å². The van der Waals surface area contributed by atoms with Crippen LogP contribution in [0.15, 0.2) is 46.8 Å². The number of nitrogens with zero attached hydrogens (tertiary/aromatic N) is 1. The minimum absolute atomic E-state index is 0.476. The molecule has 0 fully saturated rings. The molecule has 0 aliphatic rings. The fraction of sp³-hybridized carbons (Fsp3) is 0. The molecule has 0 spiro atoms. The third-order valence-electron chi connectivity index (χ3n) is 1.13. The highest BCUT2D eigenvalue weighted by atomic mass is 32.2. The van der Waals surface area contributed by atoms with Crippen molar-refractivity contribution in [1.29, 1.82) is 0 Å². The van der Waals surface area contributed by atoms with Crippen molar-refractivity contribution in [1.82, 2.24) is 0 Å². The van der Waals surface area contributed by atoms with E-state index in [4.69, 9.17) is 0 Å². The van der Waals surface area contributed by atoms with E-state index in [9.17, 15) is 10.1 Å². The summed E-state index contributed by atoms with van der Waals surface area (Å²) in [6.07, 6.45) is 0.928. The average molecular weight is 181 g/mol. The summed E-state index contributed by atoms with van der Waals surface area (Å²) in [5, 5.41) is 11.3. The molecule has 0 aromatic heterocycles. The van der Waals surface area contributed by atoms with Crippen molar-refractivity contribution in [3.8, 4) is 0 Å². The van der Waals surface area contributed by atoms with Gasteiger partial charge in [-0.1, -0.05) is 30.0 Å². The van der Waals surface area contributed by atoms with Crippen LogP contribution in [-0.2, 0) is 0 Å². The van der Waals surface area contributed by atoms with Crippen LogP contribution in [-0.4, -0.2) is 4.92 Å². The third-order valence-corrected chi connectivity index (χ3v) is 1.93. The predicted octanol–water partition coefficient (Wildman–Crippen LogP) is 2.53. The SMILES string of the molecule is O=[N+]([O-])/C=C/Sc1ccccc1. The molecule has 0 aliphatic carbocycles. The second-order valence-corrected chi connectivity index (χ2v) is 2.98. The van der Waals surface area contributed by atoms with Gasteiger partial charge in [0, 0.05) is 10.3 Å². The summed E-state index contributed by atoms with van der Waals surface area (Å²) in [7, 11) is 0. The highest BCUT2D eigenvalue weighted by Crippen LogP contribution is 2.17. The zero-order valence-corrected chi connectivity index (χ0v) is 7.03. The Balaban J connectivity index is 2.49. The van der Waals surface area contributed by atoms with E-state index >= 15 is 0 Å².